The highest BCUT2D eigenvalue weighted by Gasteiger charge is 2.13. The molecule has 1 rings (SSSR count). The van der Waals surface area contributed by atoms with Gasteiger partial charge in [-0.05, 0) is 30.1 Å². The molecule has 1 aromatic carbocycles. The van der Waals surface area contributed by atoms with Crippen LogP contribution in [0.3, 0.4) is 0 Å². The molecule has 18 heavy (non-hydrogen) atoms. The van der Waals surface area contributed by atoms with E-state index in [1.807, 2.05) is 6.07 Å². The highest BCUT2D eigenvalue weighted by atomic mass is 32.2. The Hall–Kier alpha value is -1.74. The molecule has 1 atom stereocenters. The van der Waals surface area contributed by atoms with Crippen molar-refractivity contribution in [3.05, 3.63) is 33.9 Å². The van der Waals surface area contributed by atoms with Gasteiger partial charge in [0.25, 0.3) is 5.69 Å². The molecule has 96 valence electrons. The van der Waals surface area contributed by atoms with Gasteiger partial charge >= 0.3 is 0 Å². The van der Waals surface area contributed by atoms with Crippen LogP contribution in [0.1, 0.15) is 12.5 Å². The Labute approximate surface area is 110 Å². The highest BCUT2D eigenvalue weighted by molar-refractivity contribution is 7.98. The first-order valence-electron chi connectivity index (χ1n) is 5.49. The van der Waals surface area contributed by atoms with E-state index in [1.165, 1.54) is 12.1 Å². The summed E-state index contributed by atoms with van der Waals surface area (Å²) in [5.41, 5.74) is 0.674. The summed E-state index contributed by atoms with van der Waals surface area (Å²) in [6.45, 7) is 2.91. The SMILES string of the molecule is CSCC(C)CNc1ccc([N+](=O)[O-])c(C#N)c1. The Morgan fingerprint density at radius 2 is 2.33 bits per heavy atom. The van der Waals surface area contributed by atoms with E-state index < -0.39 is 4.92 Å². The summed E-state index contributed by atoms with van der Waals surface area (Å²) in [6.07, 6.45) is 2.05. The fourth-order valence-corrected chi connectivity index (χ4v) is 2.22. The molecular weight excluding hydrogens is 250 g/mol. The molecule has 0 aliphatic heterocycles. The van der Waals surface area contributed by atoms with Crippen molar-refractivity contribution in [3.8, 4) is 6.07 Å². The van der Waals surface area contributed by atoms with E-state index in [2.05, 4.69) is 18.5 Å². The fraction of sp³-hybridized carbons (Fsp3) is 0.417. The van der Waals surface area contributed by atoms with Crippen LogP contribution in [0.2, 0.25) is 0 Å². The zero-order valence-electron chi connectivity index (χ0n) is 10.3. The van der Waals surface area contributed by atoms with Crippen molar-refractivity contribution in [1.29, 1.82) is 5.26 Å². The quantitative estimate of drug-likeness (QED) is 0.632. The number of nitro groups is 1. The normalized spacial score (nSPS) is 11.6. The van der Waals surface area contributed by atoms with Gasteiger partial charge in [-0.3, -0.25) is 10.1 Å². The second-order valence-corrected chi connectivity index (χ2v) is 4.95. The topological polar surface area (TPSA) is 79.0 Å². The molecule has 5 nitrogen and oxygen atoms in total. The zero-order valence-corrected chi connectivity index (χ0v) is 11.2. The van der Waals surface area contributed by atoms with Gasteiger partial charge in [-0.25, -0.2) is 0 Å². The van der Waals surface area contributed by atoms with Gasteiger partial charge < -0.3 is 5.32 Å². The van der Waals surface area contributed by atoms with Crippen LogP contribution in [0.5, 0.6) is 0 Å². The largest absolute Gasteiger partial charge is 0.385 e. The number of nitrogens with one attached hydrogen (secondary N) is 1. The van der Waals surface area contributed by atoms with Crippen molar-refractivity contribution >= 4 is 23.1 Å². The summed E-state index contributed by atoms with van der Waals surface area (Å²) in [5.74, 6) is 1.55. The summed E-state index contributed by atoms with van der Waals surface area (Å²) >= 11 is 1.78. The smallest absolute Gasteiger partial charge is 0.287 e. The first-order chi connectivity index (χ1) is 8.58. The maximum absolute atomic E-state index is 10.7. The second-order valence-electron chi connectivity index (χ2n) is 4.04. The molecule has 0 aromatic heterocycles. The summed E-state index contributed by atoms with van der Waals surface area (Å²) in [4.78, 5) is 10.1. The lowest BCUT2D eigenvalue weighted by atomic mass is 10.1. The van der Waals surface area contributed by atoms with Crippen LogP contribution in [0.25, 0.3) is 0 Å². The van der Waals surface area contributed by atoms with Gasteiger partial charge in [-0.1, -0.05) is 6.92 Å². The van der Waals surface area contributed by atoms with E-state index >= 15 is 0 Å². The summed E-state index contributed by atoms with van der Waals surface area (Å²) < 4.78 is 0. The summed E-state index contributed by atoms with van der Waals surface area (Å²) in [7, 11) is 0. The Bertz CT molecular complexity index is 471. The number of benzene rings is 1. The number of rotatable bonds is 6. The Balaban J connectivity index is 2.75. The van der Waals surface area contributed by atoms with Crippen LogP contribution < -0.4 is 5.32 Å². The minimum absolute atomic E-state index is 0.0857. The molecule has 0 spiro atoms. The minimum Gasteiger partial charge on any atom is -0.385 e. The van der Waals surface area contributed by atoms with Gasteiger partial charge in [0.2, 0.25) is 0 Å². The van der Waals surface area contributed by atoms with Crippen molar-refractivity contribution in [1.82, 2.24) is 0 Å². The Kier molecular flexibility index (Phi) is 5.46. The molecule has 0 amide bonds. The van der Waals surface area contributed by atoms with Crippen molar-refractivity contribution in [3.63, 3.8) is 0 Å². The number of thioether (sulfide) groups is 1. The van der Waals surface area contributed by atoms with Crippen molar-refractivity contribution in [2.24, 2.45) is 5.92 Å². The van der Waals surface area contributed by atoms with Crippen molar-refractivity contribution in [2.75, 3.05) is 23.9 Å². The first kappa shape index (κ1) is 14.3. The fourth-order valence-electron chi connectivity index (χ4n) is 1.53. The molecule has 1 N–H and O–H groups in total. The van der Waals surface area contributed by atoms with E-state index in [9.17, 15) is 10.1 Å². The van der Waals surface area contributed by atoms with Crippen LogP contribution in [0.4, 0.5) is 11.4 Å². The molecule has 0 heterocycles. The third kappa shape index (κ3) is 3.93. The third-order valence-electron chi connectivity index (χ3n) is 2.42. The summed E-state index contributed by atoms with van der Waals surface area (Å²) in [6, 6.07) is 6.35. The lowest BCUT2D eigenvalue weighted by Gasteiger charge is -2.12. The molecule has 0 fully saturated rings. The number of nitro benzene ring substituents is 1. The van der Waals surface area contributed by atoms with E-state index in [0.29, 0.717) is 5.92 Å². The molecule has 0 saturated heterocycles. The molecular formula is C12H15N3O2S. The lowest BCUT2D eigenvalue weighted by molar-refractivity contribution is -0.385. The average molecular weight is 265 g/mol. The molecule has 0 aliphatic rings. The van der Waals surface area contributed by atoms with Gasteiger partial charge in [0.1, 0.15) is 11.6 Å². The van der Waals surface area contributed by atoms with Gasteiger partial charge in [-0.15, -0.1) is 0 Å². The van der Waals surface area contributed by atoms with Crippen molar-refractivity contribution < 1.29 is 4.92 Å². The number of nitriles is 1. The Morgan fingerprint density at radius 3 is 2.89 bits per heavy atom. The standard InChI is InChI=1S/C12H15N3O2S/c1-9(8-18-2)7-14-11-3-4-12(15(16)17)10(5-11)6-13/h3-5,9,14H,7-8H2,1-2H3. The van der Waals surface area contributed by atoms with Crippen LogP contribution in [-0.4, -0.2) is 23.5 Å². The minimum atomic E-state index is -0.543. The first-order valence-corrected chi connectivity index (χ1v) is 6.89. The van der Waals surface area contributed by atoms with Gasteiger partial charge in [0.05, 0.1) is 4.92 Å². The van der Waals surface area contributed by atoms with Gasteiger partial charge in [0.15, 0.2) is 0 Å². The third-order valence-corrected chi connectivity index (χ3v) is 3.32. The number of anilines is 1. The number of nitrogens with zero attached hydrogens (tertiary/aromatic N) is 2. The molecule has 0 saturated carbocycles. The van der Waals surface area contributed by atoms with E-state index in [1.54, 1.807) is 17.8 Å². The molecule has 0 aliphatic carbocycles. The second kappa shape index (κ2) is 6.87. The predicted molar refractivity (Wildman–Crippen MR) is 73.8 cm³/mol. The lowest BCUT2D eigenvalue weighted by Crippen LogP contribution is -2.13. The van der Waals surface area contributed by atoms with Crippen LogP contribution >= 0.6 is 11.8 Å². The molecule has 0 bridgehead atoms. The van der Waals surface area contributed by atoms with Crippen LogP contribution in [0, 0.1) is 27.4 Å². The maximum atomic E-state index is 10.7. The van der Waals surface area contributed by atoms with Crippen LogP contribution in [-0.2, 0) is 0 Å². The average Bonchev–Trinajstić information content (AvgIpc) is 2.36. The Morgan fingerprint density at radius 1 is 1.61 bits per heavy atom. The molecule has 6 heteroatoms. The molecule has 1 unspecified atom stereocenters. The monoisotopic (exact) mass is 265 g/mol. The van der Waals surface area contributed by atoms with Crippen LogP contribution in [0.15, 0.2) is 18.2 Å². The molecule has 1 aromatic rings. The number of hydrogen-bond donors (Lipinski definition) is 1. The highest BCUT2D eigenvalue weighted by Crippen LogP contribution is 2.22. The van der Waals surface area contributed by atoms with E-state index in [-0.39, 0.29) is 11.3 Å². The zero-order chi connectivity index (χ0) is 13.5. The maximum Gasteiger partial charge on any atom is 0.287 e. The predicted octanol–water partition coefficient (Wildman–Crippen LogP) is 2.88. The van der Waals surface area contributed by atoms with Gasteiger partial charge in [-0.2, -0.15) is 17.0 Å². The summed E-state index contributed by atoms with van der Waals surface area (Å²) in [5, 5.41) is 22.7. The van der Waals surface area contributed by atoms with E-state index in [4.69, 9.17) is 5.26 Å². The van der Waals surface area contributed by atoms with Crippen molar-refractivity contribution in [2.45, 2.75) is 6.92 Å². The van der Waals surface area contributed by atoms with E-state index in [0.717, 1.165) is 18.0 Å². The molecule has 0 radical (unpaired) electrons. The number of hydrogen-bond acceptors (Lipinski definition) is 5. The van der Waals surface area contributed by atoms with Gasteiger partial charge in [0, 0.05) is 18.3 Å².